The number of aromatic nitrogens is 6. The van der Waals surface area contributed by atoms with Gasteiger partial charge in [-0.3, -0.25) is 0 Å². The Kier molecular flexibility index (Phi) is 3.64. The first-order chi connectivity index (χ1) is 12.3. The molecule has 0 aliphatic rings. The Balaban J connectivity index is 1.72. The van der Waals surface area contributed by atoms with Gasteiger partial charge in [0.15, 0.2) is 5.65 Å². The first-order valence-electron chi connectivity index (χ1n) is 8.39. The molecule has 4 aromatic heterocycles. The number of pyridine rings is 1. The van der Waals surface area contributed by atoms with Crippen molar-refractivity contribution in [2.75, 3.05) is 11.9 Å². The highest BCUT2D eigenvalue weighted by Gasteiger charge is 2.16. The van der Waals surface area contributed by atoms with Crippen LogP contribution in [0.2, 0.25) is 0 Å². The number of halogens is 1. The van der Waals surface area contributed by atoms with Crippen LogP contribution in [0.25, 0.3) is 27.9 Å². The second-order valence-electron chi connectivity index (χ2n) is 6.97. The zero-order valence-corrected chi connectivity index (χ0v) is 15.2. The Morgan fingerprint density at radius 1 is 1.19 bits per heavy atom. The lowest BCUT2D eigenvalue weighted by Crippen LogP contribution is -2.25. The number of nitrogens with one attached hydrogen (secondary N) is 1. The first-order valence-corrected chi connectivity index (χ1v) is 8.39. The van der Waals surface area contributed by atoms with E-state index in [-0.39, 0.29) is 6.54 Å². The summed E-state index contributed by atoms with van der Waals surface area (Å²) in [5, 5.41) is 7.31. The van der Waals surface area contributed by atoms with E-state index in [2.05, 4.69) is 20.4 Å². The first kappa shape index (κ1) is 16.4. The monoisotopic (exact) mass is 353 g/mol. The second-order valence-corrected chi connectivity index (χ2v) is 6.97. The number of hydrogen-bond acceptors (Lipinski definition) is 5. The minimum Gasteiger partial charge on any atom is -0.350 e. The Labute approximate surface area is 149 Å². The summed E-state index contributed by atoms with van der Waals surface area (Å²) in [7, 11) is 1.95. The van der Waals surface area contributed by atoms with Gasteiger partial charge in [-0.15, -0.1) is 5.10 Å². The van der Waals surface area contributed by atoms with Gasteiger partial charge in [0, 0.05) is 18.8 Å². The molecule has 0 fully saturated rings. The van der Waals surface area contributed by atoms with Gasteiger partial charge in [0.1, 0.15) is 17.0 Å². The molecule has 0 aliphatic carbocycles. The highest BCUT2D eigenvalue weighted by Crippen LogP contribution is 2.26. The van der Waals surface area contributed by atoms with Gasteiger partial charge in [0.25, 0.3) is 0 Å². The number of anilines is 1. The van der Waals surface area contributed by atoms with Crippen molar-refractivity contribution >= 4 is 22.6 Å². The van der Waals surface area contributed by atoms with Crippen molar-refractivity contribution in [3.63, 3.8) is 0 Å². The Hall–Kier alpha value is -3.03. The number of aryl methyl sites for hydroxylation is 2. The van der Waals surface area contributed by atoms with Crippen LogP contribution in [-0.4, -0.2) is 41.3 Å². The summed E-state index contributed by atoms with van der Waals surface area (Å²) in [6.07, 6.45) is 3.56. The molecule has 4 rings (SSSR count). The van der Waals surface area contributed by atoms with Crippen LogP contribution < -0.4 is 5.32 Å². The lowest BCUT2D eigenvalue weighted by Gasteiger charge is -2.14. The second kappa shape index (κ2) is 5.76. The third kappa shape index (κ3) is 2.87. The highest BCUT2D eigenvalue weighted by molar-refractivity contribution is 5.82. The molecular weight excluding hydrogens is 333 g/mol. The van der Waals surface area contributed by atoms with E-state index in [0.29, 0.717) is 5.95 Å². The number of fused-ring (bicyclic) bond motifs is 2. The quantitative estimate of drug-likeness (QED) is 0.610. The summed E-state index contributed by atoms with van der Waals surface area (Å²) in [5.74, 6) is 1.30. The van der Waals surface area contributed by atoms with E-state index < -0.39 is 5.67 Å². The summed E-state index contributed by atoms with van der Waals surface area (Å²) < 4.78 is 17.3. The van der Waals surface area contributed by atoms with Gasteiger partial charge in [-0.25, -0.2) is 23.9 Å². The zero-order chi connectivity index (χ0) is 18.5. The largest absolute Gasteiger partial charge is 0.350 e. The van der Waals surface area contributed by atoms with Crippen LogP contribution in [0, 0.1) is 6.92 Å². The zero-order valence-electron chi connectivity index (χ0n) is 15.2. The van der Waals surface area contributed by atoms with Crippen LogP contribution >= 0.6 is 0 Å². The van der Waals surface area contributed by atoms with E-state index in [0.717, 1.165) is 33.8 Å². The van der Waals surface area contributed by atoms with Crippen LogP contribution in [0.3, 0.4) is 0 Å². The molecule has 0 aliphatic heterocycles. The van der Waals surface area contributed by atoms with E-state index >= 15 is 0 Å². The molecule has 134 valence electrons. The molecule has 26 heavy (non-hydrogen) atoms. The van der Waals surface area contributed by atoms with Crippen molar-refractivity contribution in [1.29, 1.82) is 0 Å². The van der Waals surface area contributed by atoms with Crippen molar-refractivity contribution in [3.8, 4) is 11.3 Å². The van der Waals surface area contributed by atoms with E-state index in [1.807, 2.05) is 42.9 Å². The van der Waals surface area contributed by atoms with Gasteiger partial charge >= 0.3 is 0 Å². The van der Waals surface area contributed by atoms with Crippen molar-refractivity contribution < 1.29 is 4.39 Å². The van der Waals surface area contributed by atoms with Crippen LogP contribution in [0.5, 0.6) is 0 Å². The van der Waals surface area contributed by atoms with Crippen molar-refractivity contribution in [1.82, 2.24) is 29.1 Å². The molecule has 0 spiro atoms. The van der Waals surface area contributed by atoms with Crippen molar-refractivity contribution in [2.45, 2.75) is 26.4 Å². The third-order valence-corrected chi connectivity index (χ3v) is 4.30. The fraction of sp³-hybridized carbons (Fsp3) is 0.333. The fourth-order valence-corrected chi connectivity index (χ4v) is 2.81. The number of imidazole rings is 1. The average Bonchev–Trinajstić information content (AvgIpc) is 3.13. The van der Waals surface area contributed by atoms with Crippen LogP contribution in [0.4, 0.5) is 10.3 Å². The molecule has 0 radical (unpaired) electrons. The minimum atomic E-state index is -1.33. The highest BCUT2D eigenvalue weighted by atomic mass is 19.1. The van der Waals surface area contributed by atoms with Gasteiger partial charge in [0.05, 0.1) is 24.0 Å². The van der Waals surface area contributed by atoms with Gasteiger partial charge in [-0.2, -0.15) is 0 Å². The van der Waals surface area contributed by atoms with Gasteiger partial charge < -0.3 is 9.88 Å². The predicted octanol–water partition coefficient (Wildman–Crippen LogP) is 3.15. The van der Waals surface area contributed by atoms with Crippen LogP contribution in [-0.2, 0) is 7.05 Å². The van der Waals surface area contributed by atoms with Crippen LogP contribution in [0.15, 0.2) is 30.6 Å². The molecule has 0 saturated carbocycles. The van der Waals surface area contributed by atoms with E-state index in [4.69, 9.17) is 4.98 Å². The minimum absolute atomic E-state index is 0.144. The molecule has 1 N–H and O–H groups in total. The standard InChI is InChI=1S/C18H20FN7/c1-11-22-14-6-5-13(23-16(14)25(11)4)12-7-8-26-15(12)9-20-17(24-26)21-10-18(2,3)19/h5-9H,10H2,1-4H3,(H,21,24). The lowest BCUT2D eigenvalue weighted by molar-refractivity contribution is 0.234. The fourth-order valence-electron chi connectivity index (χ4n) is 2.81. The summed E-state index contributed by atoms with van der Waals surface area (Å²) >= 11 is 0. The molecule has 0 unspecified atom stereocenters. The summed E-state index contributed by atoms with van der Waals surface area (Å²) in [6.45, 7) is 5.11. The topological polar surface area (TPSA) is 72.9 Å². The smallest absolute Gasteiger partial charge is 0.241 e. The van der Waals surface area contributed by atoms with Gasteiger partial charge in [-0.05, 0) is 39.0 Å². The molecular formula is C18H20FN7. The summed E-state index contributed by atoms with van der Waals surface area (Å²) in [5.41, 5.74) is 2.97. The summed E-state index contributed by atoms with van der Waals surface area (Å²) in [6, 6.07) is 5.86. The molecule has 0 aromatic carbocycles. The van der Waals surface area contributed by atoms with Crippen LogP contribution in [0.1, 0.15) is 19.7 Å². The molecule has 8 heteroatoms. The Morgan fingerprint density at radius 2 is 2.00 bits per heavy atom. The number of nitrogens with zero attached hydrogens (tertiary/aromatic N) is 6. The molecule has 7 nitrogen and oxygen atoms in total. The van der Waals surface area contributed by atoms with Gasteiger partial charge in [-0.1, -0.05) is 0 Å². The molecule has 0 bridgehead atoms. The maximum Gasteiger partial charge on any atom is 0.241 e. The normalized spacial score (nSPS) is 12.2. The molecule has 4 aromatic rings. The Morgan fingerprint density at radius 3 is 2.77 bits per heavy atom. The average molecular weight is 353 g/mol. The van der Waals surface area contributed by atoms with E-state index in [1.165, 1.54) is 13.8 Å². The lowest BCUT2D eigenvalue weighted by atomic mass is 10.2. The Bertz CT molecular complexity index is 1100. The predicted molar refractivity (Wildman–Crippen MR) is 98.9 cm³/mol. The van der Waals surface area contributed by atoms with E-state index in [9.17, 15) is 4.39 Å². The maximum absolute atomic E-state index is 13.6. The third-order valence-electron chi connectivity index (χ3n) is 4.30. The number of rotatable bonds is 4. The summed E-state index contributed by atoms with van der Waals surface area (Å²) in [4.78, 5) is 13.5. The van der Waals surface area contributed by atoms with Gasteiger partial charge in [0.2, 0.25) is 5.95 Å². The molecule has 0 saturated heterocycles. The number of alkyl halides is 1. The number of hydrogen-bond donors (Lipinski definition) is 1. The van der Waals surface area contributed by atoms with Crippen molar-refractivity contribution in [3.05, 3.63) is 36.4 Å². The SMILES string of the molecule is Cc1nc2ccc(-c3ccn4nc(NCC(C)(C)F)ncc34)nc2n1C. The molecule has 0 atom stereocenters. The molecule has 4 heterocycles. The van der Waals surface area contributed by atoms with E-state index in [1.54, 1.807) is 10.7 Å². The van der Waals surface area contributed by atoms with Crippen molar-refractivity contribution in [2.24, 2.45) is 7.05 Å². The maximum atomic E-state index is 13.6. The molecule has 0 amide bonds.